The number of carbonyl (C=O) groups is 2. The number of rotatable bonds is 4. The molecule has 1 saturated carbocycles. The topological polar surface area (TPSA) is 83.6 Å². The third-order valence-electron chi connectivity index (χ3n) is 4.21. The lowest BCUT2D eigenvalue weighted by Crippen LogP contribution is -2.42. The lowest BCUT2D eigenvalue weighted by atomic mass is 10.1. The number of nitrogens with one attached hydrogen (secondary N) is 1. The van der Waals surface area contributed by atoms with E-state index in [9.17, 15) is 18.0 Å². The molecule has 1 N–H and O–H groups in total. The fraction of sp³-hybridized carbons (Fsp3) is 0.500. The van der Waals surface area contributed by atoms with E-state index in [2.05, 4.69) is 5.32 Å². The van der Waals surface area contributed by atoms with Crippen LogP contribution < -0.4 is 5.32 Å². The molecule has 0 radical (unpaired) electrons. The van der Waals surface area contributed by atoms with Crippen molar-refractivity contribution in [2.75, 3.05) is 16.8 Å². The van der Waals surface area contributed by atoms with Gasteiger partial charge >= 0.3 is 0 Å². The third-order valence-corrected chi connectivity index (χ3v) is 5.96. The first-order valence-corrected chi connectivity index (χ1v) is 9.58. The second-order valence-corrected chi connectivity index (χ2v) is 8.49. The van der Waals surface area contributed by atoms with Gasteiger partial charge in [-0.15, -0.1) is 0 Å². The van der Waals surface area contributed by atoms with E-state index in [0.717, 1.165) is 12.8 Å². The summed E-state index contributed by atoms with van der Waals surface area (Å²) in [4.78, 5) is 25.8. The number of carbonyl (C=O) groups excluding carboxylic acids is 2. The zero-order valence-corrected chi connectivity index (χ0v) is 13.8. The molecule has 2 aliphatic rings. The van der Waals surface area contributed by atoms with Gasteiger partial charge in [0.15, 0.2) is 9.84 Å². The largest absolute Gasteiger partial charge is 0.332 e. The van der Waals surface area contributed by atoms with E-state index < -0.39 is 9.84 Å². The number of benzene rings is 1. The third kappa shape index (κ3) is 3.72. The SMILES string of the molecule is CC(=O)Nc1cccc(C(=O)N(C2CC2)C2CCS(=O)(=O)C2)c1. The zero-order valence-electron chi connectivity index (χ0n) is 13.0. The molecule has 0 bridgehead atoms. The first-order chi connectivity index (χ1) is 10.9. The van der Waals surface area contributed by atoms with Gasteiger partial charge in [-0.2, -0.15) is 0 Å². The average Bonchev–Trinajstić information content (AvgIpc) is 3.23. The number of sulfone groups is 1. The van der Waals surface area contributed by atoms with Gasteiger partial charge in [-0.05, 0) is 37.5 Å². The molecule has 23 heavy (non-hydrogen) atoms. The van der Waals surface area contributed by atoms with Gasteiger partial charge in [0.25, 0.3) is 5.91 Å². The van der Waals surface area contributed by atoms with Gasteiger partial charge in [0.1, 0.15) is 0 Å². The van der Waals surface area contributed by atoms with Crippen LogP contribution in [-0.4, -0.2) is 48.7 Å². The fourth-order valence-electron chi connectivity index (χ4n) is 3.06. The highest BCUT2D eigenvalue weighted by atomic mass is 32.2. The Balaban J connectivity index is 1.83. The van der Waals surface area contributed by atoms with E-state index in [4.69, 9.17) is 0 Å². The Morgan fingerprint density at radius 1 is 1.17 bits per heavy atom. The molecule has 1 atom stereocenters. The number of hydrogen-bond acceptors (Lipinski definition) is 4. The van der Waals surface area contributed by atoms with Crippen molar-refractivity contribution in [1.29, 1.82) is 0 Å². The standard InChI is InChI=1S/C16H20N2O4S/c1-11(19)17-13-4-2-3-12(9-13)16(20)18(14-5-6-14)15-7-8-23(21,22)10-15/h2-4,9,14-15H,5-8,10H2,1H3,(H,17,19). The monoisotopic (exact) mass is 336 g/mol. The summed E-state index contributed by atoms with van der Waals surface area (Å²) < 4.78 is 23.5. The minimum Gasteiger partial charge on any atom is -0.332 e. The van der Waals surface area contributed by atoms with Crippen molar-refractivity contribution in [2.45, 2.75) is 38.3 Å². The number of nitrogens with zero attached hydrogens (tertiary/aromatic N) is 1. The number of amides is 2. The second kappa shape index (κ2) is 5.96. The van der Waals surface area contributed by atoms with Crippen LogP contribution in [0.2, 0.25) is 0 Å². The van der Waals surface area contributed by atoms with Gasteiger partial charge in [-0.3, -0.25) is 9.59 Å². The maximum atomic E-state index is 12.9. The van der Waals surface area contributed by atoms with Crippen LogP contribution in [0.4, 0.5) is 5.69 Å². The van der Waals surface area contributed by atoms with E-state index in [1.54, 1.807) is 29.2 Å². The van der Waals surface area contributed by atoms with Crippen molar-refractivity contribution >= 4 is 27.3 Å². The van der Waals surface area contributed by atoms with Crippen LogP contribution in [0.15, 0.2) is 24.3 Å². The fourth-order valence-corrected chi connectivity index (χ4v) is 4.77. The minimum absolute atomic E-state index is 0.0562. The predicted molar refractivity (Wildman–Crippen MR) is 87.0 cm³/mol. The van der Waals surface area contributed by atoms with Gasteiger partial charge in [-0.25, -0.2) is 8.42 Å². The summed E-state index contributed by atoms with van der Waals surface area (Å²) >= 11 is 0. The molecule has 1 aliphatic heterocycles. The molecule has 1 unspecified atom stereocenters. The van der Waals surface area contributed by atoms with E-state index >= 15 is 0 Å². The van der Waals surface area contributed by atoms with E-state index in [0.29, 0.717) is 17.7 Å². The molecule has 6 nitrogen and oxygen atoms in total. The molecule has 2 fully saturated rings. The Morgan fingerprint density at radius 2 is 1.91 bits per heavy atom. The molecule has 0 spiro atoms. The van der Waals surface area contributed by atoms with Crippen LogP contribution in [0.25, 0.3) is 0 Å². The Kier molecular flexibility index (Phi) is 4.14. The molecular formula is C16H20N2O4S. The molecule has 7 heteroatoms. The Morgan fingerprint density at radius 3 is 2.48 bits per heavy atom. The van der Waals surface area contributed by atoms with Crippen LogP contribution in [0.1, 0.15) is 36.5 Å². The molecular weight excluding hydrogens is 316 g/mol. The van der Waals surface area contributed by atoms with Crippen molar-refractivity contribution < 1.29 is 18.0 Å². The van der Waals surface area contributed by atoms with E-state index in [1.165, 1.54) is 6.92 Å². The summed E-state index contributed by atoms with van der Waals surface area (Å²) in [5.41, 5.74) is 1.05. The van der Waals surface area contributed by atoms with E-state index in [1.807, 2.05) is 0 Å². The van der Waals surface area contributed by atoms with Crippen molar-refractivity contribution in [3.8, 4) is 0 Å². The van der Waals surface area contributed by atoms with Crippen LogP contribution in [0.5, 0.6) is 0 Å². The predicted octanol–water partition coefficient (Wildman–Crippen LogP) is 1.44. The molecule has 3 rings (SSSR count). The van der Waals surface area contributed by atoms with Gasteiger partial charge in [-0.1, -0.05) is 6.07 Å². The molecule has 1 aromatic carbocycles. The Bertz CT molecular complexity index is 740. The van der Waals surface area contributed by atoms with Crippen molar-refractivity contribution in [1.82, 2.24) is 4.90 Å². The highest BCUT2D eigenvalue weighted by Crippen LogP contribution is 2.33. The summed E-state index contributed by atoms with van der Waals surface area (Å²) in [5, 5.41) is 2.66. The molecule has 1 heterocycles. The van der Waals surface area contributed by atoms with Crippen LogP contribution >= 0.6 is 0 Å². The zero-order chi connectivity index (χ0) is 16.6. The first kappa shape index (κ1) is 16.0. The highest BCUT2D eigenvalue weighted by Gasteiger charge is 2.42. The summed E-state index contributed by atoms with van der Waals surface area (Å²) in [7, 11) is -3.04. The lowest BCUT2D eigenvalue weighted by molar-refractivity contribution is -0.114. The number of anilines is 1. The number of hydrogen-bond donors (Lipinski definition) is 1. The smallest absolute Gasteiger partial charge is 0.254 e. The van der Waals surface area contributed by atoms with Crippen molar-refractivity contribution in [3.05, 3.63) is 29.8 Å². The van der Waals surface area contributed by atoms with Gasteiger partial charge in [0.05, 0.1) is 11.5 Å². The summed E-state index contributed by atoms with van der Waals surface area (Å²) in [5.74, 6) is -0.141. The van der Waals surface area contributed by atoms with E-state index in [-0.39, 0.29) is 35.4 Å². The van der Waals surface area contributed by atoms with Crippen LogP contribution in [0.3, 0.4) is 0 Å². The Labute approximate surface area is 135 Å². The summed E-state index contributed by atoms with van der Waals surface area (Å²) in [6.07, 6.45) is 2.36. The minimum atomic E-state index is -3.04. The van der Waals surface area contributed by atoms with Crippen molar-refractivity contribution in [2.24, 2.45) is 0 Å². The lowest BCUT2D eigenvalue weighted by Gasteiger charge is -2.28. The van der Waals surface area contributed by atoms with Crippen molar-refractivity contribution in [3.63, 3.8) is 0 Å². The molecule has 0 aromatic heterocycles. The van der Waals surface area contributed by atoms with Crippen LogP contribution in [0, 0.1) is 0 Å². The van der Waals surface area contributed by atoms with Gasteiger partial charge in [0.2, 0.25) is 5.91 Å². The molecule has 1 saturated heterocycles. The maximum absolute atomic E-state index is 12.9. The second-order valence-electron chi connectivity index (χ2n) is 6.26. The summed E-state index contributed by atoms with van der Waals surface area (Å²) in [6, 6.07) is 6.69. The van der Waals surface area contributed by atoms with Crippen LogP contribution in [-0.2, 0) is 14.6 Å². The van der Waals surface area contributed by atoms with Gasteiger partial charge < -0.3 is 10.2 Å². The molecule has 124 valence electrons. The highest BCUT2D eigenvalue weighted by molar-refractivity contribution is 7.91. The normalized spacial score (nSPS) is 22.6. The quantitative estimate of drug-likeness (QED) is 0.902. The summed E-state index contributed by atoms with van der Waals surface area (Å²) in [6.45, 7) is 1.41. The molecule has 1 aliphatic carbocycles. The molecule has 2 amide bonds. The maximum Gasteiger partial charge on any atom is 0.254 e. The average molecular weight is 336 g/mol. The first-order valence-electron chi connectivity index (χ1n) is 7.76. The van der Waals surface area contributed by atoms with Gasteiger partial charge in [0, 0.05) is 30.3 Å². The Hall–Kier alpha value is -1.89. The molecule has 1 aromatic rings.